The second-order valence-corrected chi connectivity index (χ2v) is 4.45. The Morgan fingerprint density at radius 3 is 2.38 bits per heavy atom. The van der Waals surface area contributed by atoms with Crippen molar-refractivity contribution in [2.45, 2.75) is 12.8 Å². The first-order chi connectivity index (χ1) is 3.61. The maximum absolute atomic E-state index is 10.7. The molecule has 0 aromatic rings. The molecule has 0 fully saturated rings. The molecule has 0 aromatic heterocycles. The first-order valence-corrected chi connectivity index (χ1v) is 4.71. The molecule has 0 heterocycles. The third kappa shape index (κ3) is 1.01. The zero-order valence-electron chi connectivity index (χ0n) is 4.79. The van der Waals surface area contributed by atoms with E-state index in [-0.39, 0.29) is 0 Å². The lowest BCUT2D eigenvalue weighted by molar-refractivity contribution is 0.488. The molecule has 3 heteroatoms. The summed E-state index contributed by atoms with van der Waals surface area (Å²) in [6, 6.07) is 0. The van der Waals surface area contributed by atoms with Crippen LogP contribution in [0.25, 0.3) is 0 Å². The smallest absolute Gasteiger partial charge is 0.222 e. The van der Waals surface area contributed by atoms with Gasteiger partial charge < -0.3 is 4.89 Å². The van der Waals surface area contributed by atoms with E-state index in [1.165, 1.54) is 6.66 Å². The fourth-order valence-electron chi connectivity index (χ4n) is 0.650. The summed E-state index contributed by atoms with van der Waals surface area (Å²) in [5.74, 6) is 0. The van der Waals surface area contributed by atoms with Crippen LogP contribution in [0.15, 0.2) is 11.4 Å². The highest BCUT2D eigenvalue weighted by atomic mass is 31.2. The van der Waals surface area contributed by atoms with Crippen molar-refractivity contribution in [3.05, 3.63) is 11.4 Å². The minimum atomic E-state index is -2.81. The molecule has 0 spiro atoms. The van der Waals surface area contributed by atoms with Crippen LogP contribution in [-0.2, 0) is 4.57 Å². The summed E-state index contributed by atoms with van der Waals surface area (Å²) in [7, 11) is -2.81. The van der Waals surface area contributed by atoms with Gasteiger partial charge in [0.05, 0.1) is 0 Å². The van der Waals surface area contributed by atoms with Gasteiger partial charge in [-0.05, 0) is 12.8 Å². The van der Waals surface area contributed by atoms with Gasteiger partial charge in [-0.3, -0.25) is 4.57 Å². The van der Waals surface area contributed by atoms with Crippen LogP contribution in [0.1, 0.15) is 12.8 Å². The SMILES string of the molecule is CP(=O)(O)C1=CCC1. The van der Waals surface area contributed by atoms with Crippen LogP contribution in [0, 0.1) is 0 Å². The van der Waals surface area contributed by atoms with Gasteiger partial charge in [-0.15, -0.1) is 0 Å². The van der Waals surface area contributed by atoms with Gasteiger partial charge in [0.15, 0.2) is 0 Å². The minimum Gasteiger partial charge on any atom is -0.341 e. The number of hydrogen-bond donors (Lipinski definition) is 1. The molecule has 0 saturated heterocycles. The van der Waals surface area contributed by atoms with E-state index >= 15 is 0 Å². The lowest BCUT2D eigenvalue weighted by Gasteiger charge is -2.16. The largest absolute Gasteiger partial charge is 0.341 e. The summed E-state index contributed by atoms with van der Waals surface area (Å²) < 4.78 is 10.7. The van der Waals surface area contributed by atoms with Crippen molar-refractivity contribution >= 4 is 7.37 Å². The van der Waals surface area contributed by atoms with Crippen molar-refractivity contribution in [1.29, 1.82) is 0 Å². The van der Waals surface area contributed by atoms with E-state index in [0.29, 0.717) is 0 Å². The summed E-state index contributed by atoms with van der Waals surface area (Å²) in [4.78, 5) is 8.82. The summed E-state index contributed by atoms with van der Waals surface area (Å²) in [5.41, 5.74) is 0. The van der Waals surface area contributed by atoms with Crippen molar-refractivity contribution in [3.63, 3.8) is 0 Å². The molecule has 0 amide bonds. The molecule has 0 radical (unpaired) electrons. The van der Waals surface area contributed by atoms with Crippen molar-refractivity contribution in [2.24, 2.45) is 0 Å². The molecule has 0 saturated carbocycles. The molecule has 1 atom stereocenters. The number of rotatable bonds is 1. The van der Waals surface area contributed by atoms with Crippen molar-refractivity contribution in [3.8, 4) is 0 Å². The molecule has 2 nitrogen and oxygen atoms in total. The first-order valence-electron chi connectivity index (χ1n) is 2.60. The number of hydrogen-bond acceptors (Lipinski definition) is 1. The van der Waals surface area contributed by atoms with Crippen LogP contribution in [0.4, 0.5) is 0 Å². The van der Waals surface area contributed by atoms with Crippen LogP contribution in [0.5, 0.6) is 0 Å². The molecule has 1 unspecified atom stereocenters. The highest BCUT2D eigenvalue weighted by Gasteiger charge is 2.20. The van der Waals surface area contributed by atoms with Gasteiger partial charge in [0.25, 0.3) is 0 Å². The Morgan fingerprint density at radius 2 is 2.38 bits per heavy atom. The second-order valence-electron chi connectivity index (χ2n) is 2.11. The summed E-state index contributed by atoms with van der Waals surface area (Å²) >= 11 is 0. The molecule has 46 valence electrons. The Kier molecular flexibility index (Phi) is 1.30. The average Bonchev–Trinajstić information content (AvgIpc) is 1.16. The van der Waals surface area contributed by atoms with Crippen LogP contribution in [0.2, 0.25) is 0 Å². The van der Waals surface area contributed by atoms with E-state index in [9.17, 15) is 4.57 Å². The van der Waals surface area contributed by atoms with Crippen LogP contribution in [-0.4, -0.2) is 11.6 Å². The average molecular weight is 132 g/mol. The van der Waals surface area contributed by atoms with Gasteiger partial charge in [-0.2, -0.15) is 0 Å². The van der Waals surface area contributed by atoms with Gasteiger partial charge in [-0.1, -0.05) is 6.08 Å². The molecule has 1 aliphatic carbocycles. The molecule has 0 aromatic carbocycles. The first kappa shape index (κ1) is 6.06. The predicted octanol–water partition coefficient (Wildman–Crippen LogP) is 1.56. The van der Waals surface area contributed by atoms with E-state index in [2.05, 4.69) is 0 Å². The Morgan fingerprint density at radius 1 is 1.88 bits per heavy atom. The molecular formula is C5H9O2P. The zero-order valence-corrected chi connectivity index (χ0v) is 5.69. The Hall–Kier alpha value is -0.0700. The van der Waals surface area contributed by atoms with Crippen LogP contribution < -0.4 is 0 Å². The normalized spacial score (nSPS) is 25.5. The monoisotopic (exact) mass is 132 g/mol. The standard InChI is InChI=1S/C5H9O2P/c1-8(6,7)5-3-2-4-5/h3H,2,4H2,1H3,(H,6,7). The number of allylic oxidation sites excluding steroid dienone is 2. The third-order valence-electron chi connectivity index (χ3n) is 1.31. The van der Waals surface area contributed by atoms with E-state index in [4.69, 9.17) is 4.89 Å². The lowest BCUT2D eigenvalue weighted by Crippen LogP contribution is -1.93. The topological polar surface area (TPSA) is 37.3 Å². The fraction of sp³-hybridized carbons (Fsp3) is 0.600. The highest BCUT2D eigenvalue weighted by Crippen LogP contribution is 2.51. The van der Waals surface area contributed by atoms with Crippen LogP contribution in [0.3, 0.4) is 0 Å². The van der Waals surface area contributed by atoms with E-state index in [0.717, 1.165) is 18.2 Å². The van der Waals surface area contributed by atoms with Gasteiger partial charge in [0.2, 0.25) is 7.37 Å². The van der Waals surface area contributed by atoms with Gasteiger partial charge in [0.1, 0.15) is 0 Å². The maximum atomic E-state index is 10.7. The molecule has 8 heavy (non-hydrogen) atoms. The molecule has 0 bridgehead atoms. The zero-order chi connectivity index (χ0) is 6.20. The Balaban J connectivity index is 2.74. The van der Waals surface area contributed by atoms with Gasteiger partial charge in [0, 0.05) is 12.0 Å². The molecular weight excluding hydrogens is 123 g/mol. The molecule has 0 aliphatic heterocycles. The molecule has 1 rings (SSSR count). The lowest BCUT2D eigenvalue weighted by atomic mass is 10.1. The summed E-state index contributed by atoms with van der Waals surface area (Å²) in [6.45, 7) is 1.39. The summed E-state index contributed by atoms with van der Waals surface area (Å²) in [5, 5.41) is 0.748. The van der Waals surface area contributed by atoms with Gasteiger partial charge in [-0.25, -0.2) is 0 Å². The Bertz CT molecular complexity index is 165. The Labute approximate surface area is 48.7 Å². The van der Waals surface area contributed by atoms with E-state index < -0.39 is 7.37 Å². The maximum Gasteiger partial charge on any atom is 0.222 e. The van der Waals surface area contributed by atoms with Crippen molar-refractivity contribution < 1.29 is 9.46 Å². The second kappa shape index (κ2) is 1.71. The highest BCUT2D eigenvalue weighted by molar-refractivity contribution is 7.61. The quantitative estimate of drug-likeness (QED) is 0.550. The minimum absolute atomic E-state index is 0.748. The van der Waals surface area contributed by atoms with Crippen molar-refractivity contribution in [2.75, 3.05) is 6.66 Å². The molecule has 1 N–H and O–H groups in total. The van der Waals surface area contributed by atoms with E-state index in [1.807, 2.05) is 6.08 Å². The predicted molar refractivity (Wildman–Crippen MR) is 33.1 cm³/mol. The summed E-state index contributed by atoms with van der Waals surface area (Å²) in [6.07, 6.45) is 3.64. The van der Waals surface area contributed by atoms with E-state index in [1.54, 1.807) is 0 Å². The van der Waals surface area contributed by atoms with Crippen molar-refractivity contribution in [1.82, 2.24) is 0 Å². The molecule has 1 aliphatic rings. The van der Waals surface area contributed by atoms with Gasteiger partial charge >= 0.3 is 0 Å². The fourth-order valence-corrected chi connectivity index (χ4v) is 1.66. The van der Waals surface area contributed by atoms with Crippen LogP contribution >= 0.6 is 7.37 Å². The third-order valence-corrected chi connectivity index (χ3v) is 2.79.